The van der Waals surface area contributed by atoms with Crippen LogP contribution in [0, 0.1) is 6.92 Å². The van der Waals surface area contributed by atoms with Gasteiger partial charge in [-0.1, -0.05) is 18.2 Å². The van der Waals surface area contributed by atoms with E-state index in [2.05, 4.69) is 25.2 Å². The van der Waals surface area contributed by atoms with Gasteiger partial charge in [-0.15, -0.1) is 11.3 Å². The number of aryl methyl sites for hydroxylation is 1. The Morgan fingerprint density at radius 2 is 2.09 bits per heavy atom. The summed E-state index contributed by atoms with van der Waals surface area (Å²) < 4.78 is 5.41. The Morgan fingerprint density at radius 1 is 1.35 bits per heavy atom. The Hall–Kier alpha value is -1.85. The van der Waals surface area contributed by atoms with Gasteiger partial charge in [-0.05, 0) is 44.0 Å². The van der Waals surface area contributed by atoms with Crippen LogP contribution in [0.5, 0.6) is 5.75 Å². The molecular formula is C18H24N2O2S. The van der Waals surface area contributed by atoms with Crippen molar-refractivity contribution in [3.05, 3.63) is 51.7 Å². The molecule has 1 aromatic carbocycles. The van der Waals surface area contributed by atoms with Gasteiger partial charge in [-0.2, -0.15) is 0 Å². The van der Waals surface area contributed by atoms with Gasteiger partial charge in [0.25, 0.3) is 0 Å². The van der Waals surface area contributed by atoms with Gasteiger partial charge in [0.05, 0.1) is 20.2 Å². The van der Waals surface area contributed by atoms with Crippen molar-refractivity contribution in [2.75, 3.05) is 20.7 Å². The SMILES string of the molecule is COc1ccccc1[C@@H](C)N(C)CC(=O)NCc1sccc1C. The molecule has 0 spiro atoms. The Labute approximate surface area is 142 Å². The van der Waals surface area contributed by atoms with Gasteiger partial charge < -0.3 is 10.1 Å². The average Bonchev–Trinajstić information content (AvgIpc) is 2.97. The molecule has 0 unspecified atom stereocenters. The molecule has 1 amide bonds. The fraction of sp³-hybridized carbons (Fsp3) is 0.389. The molecule has 0 aliphatic rings. The van der Waals surface area contributed by atoms with Crippen LogP contribution in [0.15, 0.2) is 35.7 Å². The molecule has 1 heterocycles. The van der Waals surface area contributed by atoms with Crippen molar-refractivity contribution in [2.24, 2.45) is 0 Å². The predicted molar refractivity (Wildman–Crippen MR) is 94.9 cm³/mol. The first-order valence-corrected chi connectivity index (χ1v) is 8.53. The summed E-state index contributed by atoms with van der Waals surface area (Å²) in [5.74, 6) is 0.878. The minimum absolute atomic E-state index is 0.0297. The van der Waals surface area contributed by atoms with Crippen LogP contribution >= 0.6 is 11.3 Å². The Morgan fingerprint density at radius 3 is 2.74 bits per heavy atom. The molecule has 0 aliphatic carbocycles. The number of ether oxygens (including phenoxy) is 1. The number of rotatable bonds is 7. The van der Waals surface area contributed by atoms with Crippen molar-refractivity contribution in [3.63, 3.8) is 0 Å². The number of hydrogen-bond donors (Lipinski definition) is 1. The number of amides is 1. The zero-order valence-electron chi connectivity index (χ0n) is 14.1. The minimum atomic E-state index is 0.0297. The molecule has 0 saturated carbocycles. The Balaban J connectivity index is 1.91. The fourth-order valence-corrected chi connectivity index (χ4v) is 3.28. The summed E-state index contributed by atoms with van der Waals surface area (Å²) in [7, 11) is 3.62. The Kier molecular flexibility index (Phi) is 6.19. The van der Waals surface area contributed by atoms with Crippen LogP contribution in [0.25, 0.3) is 0 Å². The van der Waals surface area contributed by atoms with Crippen molar-refractivity contribution in [1.29, 1.82) is 0 Å². The number of benzene rings is 1. The van der Waals surface area contributed by atoms with E-state index in [4.69, 9.17) is 4.74 Å². The third-order valence-electron chi connectivity index (χ3n) is 4.06. The third kappa shape index (κ3) is 4.56. The molecule has 1 N–H and O–H groups in total. The summed E-state index contributed by atoms with van der Waals surface area (Å²) >= 11 is 1.67. The van der Waals surface area contributed by atoms with E-state index in [9.17, 15) is 4.79 Å². The highest BCUT2D eigenvalue weighted by atomic mass is 32.1. The lowest BCUT2D eigenvalue weighted by molar-refractivity contribution is -0.122. The molecule has 0 saturated heterocycles. The molecule has 1 atom stereocenters. The highest BCUT2D eigenvalue weighted by Gasteiger charge is 2.18. The van der Waals surface area contributed by atoms with E-state index < -0.39 is 0 Å². The maximum absolute atomic E-state index is 12.2. The second-order valence-electron chi connectivity index (χ2n) is 5.64. The zero-order valence-corrected chi connectivity index (χ0v) is 14.9. The molecule has 5 heteroatoms. The van der Waals surface area contributed by atoms with Crippen molar-refractivity contribution >= 4 is 17.2 Å². The van der Waals surface area contributed by atoms with Gasteiger partial charge in [0.1, 0.15) is 5.75 Å². The zero-order chi connectivity index (χ0) is 16.8. The summed E-state index contributed by atoms with van der Waals surface area (Å²) in [5.41, 5.74) is 2.31. The maximum Gasteiger partial charge on any atom is 0.234 e. The molecule has 2 aromatic rings. The second kappa shape index (κ2) is 8.13. The van der Waals surface area contributed by atoms with Crippen LogP contribution in [-0.4, -0.2) is 31.5 Å². The van der Waals surface area contributed by atoms with Crippen LogP contribution < -0.4 is 10.1 Å². The fourth-order valence-electron chi connectivity index (χ4n) is 2.43. The third-order valence-corrected chi connectivity index (χ3v) is 5.08. The number of methoxy groups -OCH3 is 1. The van der Waals surface area contributed by atoms with Gasteiger partial charge in [-0.3, -0.25) is 9.69 Å². The first kappa shape index (κ1) is 17.5. The molecule has 0 fully saturated rings. The van der Waals surface area contributed by atoms with E-state index >= 15 is 0 Å². The highest BCUT2D eigenvalue weighted by molar-refractivity contribution is 7.10. The van der Waals surface area contributed by atoms with E-state index in [0.29, 0.717) is 13.1 Å². The summed E-state index contributed by atoms with van der Waals surface area (Å²) in [5, 5.41) is 5.04. The minimum Gasteiger partial charge on any atom is -0.496 e. The van der Waals surface area contributed by atoms with Crippen molar-refractivity contribution in [1.82, 2.24) is 10.2 Å². The molecule has 0 radical (unpaired) electrons. The van der Waals surface area contributed by atoms with Gasteiger partial charge in [0.2, 0.25) is 5.91 Å². The van der Waals surface area contributed by atoms with Crippen LogP contribution in [0.3, 0.4) is 0 Å². The van der Waals surface area contributed by atoms with Crippen LogP contribution in [0.1, 0.15) is 29.0 Å². The standard InChI is InChI=1S/C18H24N2O2S/c1-13-9-10-23-17(13)11-19-18(21)12-20(3)14(2)15-7-5-6-8-16(15)22-4/h5-10,14H,11-12H2,1-4H3,(H,19,21)/t14-/m1/s1. The lowest BCUT2D eigenvalue weighted by Crippen LogP contribution is -2.36. The Bertz CT molecular complexity index is 654. The van der Waals surface area contributed by atoms with E-state index in [0.717, 1.165) is 11.3 Å². The maximum atomic E-state index is 12.2. The normalized spacial score (nSPS) is 12.2. The van der Waals surface area contributed by atoms with Crippen LogP contribution in [-0.2, 0) is 11.3 Å². The smallest absolute Gasteiger partial charge is 0.234 e. The van der Waals surface area contributed by atoms with Crippen molar-refractivity contribution in [2.45, 2.75) is 26.4 Å². The molecule has 0 aliphatic heterocycles. The second-order valence-corrected chi connectivity index (χ2v) is 6.64. The summed E-state index contributed by atoms with van der Waals surface area (Å²) in [6.45, 7) is 5.09. The summed E-state index contributed by atoms with van der Waals surface area (Å²) in [6, 6.07) is 10.1. The van der Waals surface area contributed by atoms with E-state index in [1.807, 2.05) is 41.6 Å². The number of nitrogens with zero attached hydrogens (tertiary/aromatic N) is 1. The van der Waals surface area contributed by atoms with E-state index in [1.165, 1.54) is 10.4 Å². The van der Waals surface area contributed by atoms with Gasteiger partial charge in [0, 0.05) is 16.5 Å². The van der Waals surface area contributed by atoms with E-state index in [-0.39, 0.29) is 11.9 Å². The molecule has 124 valence electrons. The van der Waals surface area contributed by atoms with Gasteiger partial charge in [-0.25, -0.2) is 0 Å². The van der Waals surface area contributed by atoms with Crippen LogP contribution in [0.4, 0.5) is 0 Å². The van der Waals surface area contributed by atoms with Gasteiger partial charge >= 0.3 is 0 Å². The number of nitrogens with one attached hydrogen (secondary N) is 1. The summed E-state index contributed by atoms with van der Waals surface area (Å²) in [6.07, 6.45) is 0. The molecule has 2 rings (SSSR count). The molecule has 0 bridgehead atoms. The topological polar surface area (TPSA) is 41.6 Å². The number of thiophene rings is 1. The number of carbonyl (C=O) groups is 1. The van der Waals surface area contributed by atoms with Crippen LogP contribution in [0.2, 0.25) is 0 Å². The lowest BCUT2D eigenvalue weighted by Gasteiger charge is -2.25. The molecule has 1 aromatic heterocycles. The monoisotopic (exact) mass is 332 g/mol. The molecular weight excluding hydrogens is 308 g/mol. The number of hydrogen-bond acceptors (Lipinski definition) is 4. The van der Waals surface area contributed by atoms with Gasteiger partial charge in [0.15, 0.2) is 0 Å². The lowest BCUT2D eigenvalue weighted by atomic mass is 10.1. The number of carbonyl (C=O) groups excluding carboxylic acids is 1. The highest BCUT2D eigenvalue weighted by Crippen LogP contribution is 2.27. The molecule has 4 nitrogen and oxygen atoms in total. The average molecular weight is 332 g/mol. The largest absolute Gasteiger partial charge is 0.496 e. The van der Waals surface area contributed by atoms with Crippen molar-refractivity contribution < 1.29 is 9.53 Å². The quantitative estimate of drug-likeness (QED) is 0.845. The van der Waals surface area contributed by atoms with Crippen molar-refractivity contribution in [3.8, 4) is 5.75 Å². The first-order valence-electron chi connectivity index (χ1n) is 7.65. The first-order chi connectivity index (χ1) is 11.0. The predicted octanol–water partition coefficient (Wildman–Crippen LogP) is 3.37. The summed E-state index contributed by atoms with van der Waals surface area (Å²) in [4.78, 5) is 15.4. The molecule has 23 heavy (non-hydrogen) atoms. The number of para-hydroxylation sites is 1. The van der Waals surface area contributed by atoms with E-state index in [1.54, 1.807) is 18.4 Å². The number of likely N-dealkylation sites (N-methyl/N-ethyl adjacent to an activating group) is 1.